The molecule has 0 saturated heterocycles. The van der Waals surface area contributed by atoms with Gasteiger partial charge in [0.1, 0.15) is 0 Å². The molecular weight excluding hydrogens is 544 g/mol. The van der Waals surface area contributed by atoms with E-state index in [4.69, 9.17) is 21.6 Å². The third kappa shape index (κ3) is 5.74. The lowest BCUT2D eigenvalue weighted by molar-refractivity contribution is 1.18. The van der Waals surface area contributed by atoms with Gasteiger partial charge in [-0.25, -0.2) is 9.97 Å². The number of hydrogen-bond acceptors (Lipinski definition) is 2. The maximum Gasteiger partial charge on any atom is 0.160 e. The second-order valence-electron chi connectivity index (χ2n) is 10.4. The Balaban J connectivity index is 1.22. The van der Waals surface area contributed by atoms with Crippen LogP contribution in [0.2, 0.25) is 5.02 Å². The summed E-state index contributed by atoms with van der Waals surface area (Å²) in [5.74, 6) is 0.708. The standard InChI is InChI=1S/C40H27ClN2/c41-37-14-8-7-13-36(37)32-21-15-30(16-22-32)31-19-25-34(26-20-31)39-27-38(42-40(43-39)35-11-5-2-6-12-35)33-23-17-29(18-24-33)28-9-3-1-4-10-28/h1-27H. The molecule has 2 nitrogen and oxygen atoms in total. The molecule has 7 rings (SSSR count). The monoisotopic (exact) mass is 570 g/mol. The average molecular weight is 571 g/mol. The van der Waals surface area contributed by atoms with Crippen molar-refractivity contribution in [3.8, 4) is 67.3 Å². The molecule has 0 atom stereocenters. The first-order valence-corrected chi connectivity index (χ1v) is 14.7. The van der Waals surface area contributed by atoms with Gasteiger partial charge in [0, 0.05) is 27.3 Å². The highest BCUT2D eigenvalue weighted by molar-refractivity contribution is 6.33. The molecule has 0 bridgehead atoms. The first-order valence-electron chi connectivity index (χ1n) is 14.3. The van der Waals surface area contributed by atoms with E-state index < -0.39 is 0 Å². The van der Waals surface area contributed by atoms with E-state index >= 15 is 0 Å². The minimum Gasteiger partial charge on any atom is -0.228 e. The van der Waals surface area contributed by atoms with Gasteiger partial charge in [-0.2, -0.15) is 0 Å². The zero-order chi connectivity index (χ0) is 29.0. The number of aromatic nitrogens is 2. The topological polar surface area (TPSA) is 25.8 Å². The van der Waals surface area contributed by atoms with Crippen LogP contribution in [-0.2, 0) is 0 Å². The average Bonchev–Trinajstić information content (AvgIpc) is 3.09. The molecule has 0 aliphatic heterocycles. The van der Waals surface area contributed by atoms with E-state index in [0.29, 0.717) is 5.82 Å². The number of halogens is 1. The van der Waals surface area contributed by atoms with Gasteiger partial charge in [0.25, 0.3) is 0 Å². The van der Waals surface area contributed by atoms with Crippen molar-refractivity contribution < 1.29 is 0 Å². The molecule has 204 valence electrons. The molecule has 1 heterocycles. The normalized spacial score (nSPS) is 10.9. The van der Waals surface area contributed by atoms with Crippen LogP contribution < -0.4 is 0 Å². The molecule has 3 heteroatoms. The highest BCUT2D eigenvalue weighted by atomic mass is 35.5. The Labute approximate surface area is 257 Å². The summed E-state index contributed by atoms with van der Waals surface area (Å²) in [6, 6.07) is 56.3. The van der Waals surface area contributed by atoms with Crippen molar-refractivity contribution in [2.45, 2.75) is 0 Å². The highest BCUT2D eigenvalue weighted by Gasteiger charge is 2.12. The summed E-state index contributed by atoms with van der Waals surface area (Å²) in [7, 11) is 0. The van der Waals surface area contributed by atoms with Gasteiger partial charge in [0.05, 0.1) is 11.4 Å². The van der Waals surface area contributed by atoms with Crippen molar-refractivity contribution in [1.82, 2.24) is 9.97 Å². The SMILES string of the molecule is Clc1ccccc1-c1ccc(-c2ccc(-c3cc(-c4ccc(-c5ccccc5)cc4)nc(-c4ccccc4)n3)cc2)cc1. The maximum absolute atomic E-state index is 6.41. The Morgan fingerprint density at radius 2 is 0.698 bits per heavy atom. The summed E-state index contributed by atoms with van der Waals surface area (Å²) >= 11 is 6.41. The third-order valence-corrected chi connectivity index (χ3v) is 7.96. The molecular formula is C40H27ClN2. The van der Waals surface area contributed by atoms with Crippen molar-refractivity contribution in [1.29, 1.82) is 0 Å². The second-order valence-corrected chi connectivity index (χ2v) is 10.8. The van der Waals surface area contributed by atoms with Gasteiger partial charge >= 0.3 is 0 Å². The van der Waals surface area contributed by atoms with Crippen LogP contribution in [0.3, 0.4) is 0 Å². The molecule has 0 fully saturated rings. The van der Waals surface area contributed by atoms with E-state index in [1.165, 1.54) is 11.1 Å². The van der Waals surface area contributed by atoms with Gasteiger partial charge in [0.15, 0.2) is 5.82 Å². The number of hydrogen-bond donors (Lipinski definition) is 0. The molecule has 0 radical (unpaired) electrons. The molecule has 1 aromatic heterocycles. The van der Waals surface area contributed by atoms with E-state index in [9.17, 15) is 0 Å². The molecule has 0 unspecified atom stereocenters. The summed E-state index contributed by atoms with van der Waals surface area (Å²) in [6.07, 6.45) is 0. The minimum atomic E-state index is 0.708. The van der Waals surface area contributed by atoms with Crippen molar-refractivity contribution in [2.75, 3.05) is 0 Å². The van der Waals surface area contributed by atoms with Crippen LogP contribution in [0, 0.1) is 0 Å². The third-order valence-electron chi connectivity index (χ3n) is 7.63. The van der Waals surface area contributed by atoms with Crippen LogP contribution in [0.5, 0.6) is 0 Å². The fraction of sp³-hybridized carbons (Fsp3) is 0. The van der Waals surface area contributed by atoms with Crippen LogP contribution in [0.1, 0.15) is 0 Å². The molecule has 0 aliphatic carbocycles. The first kappa shape index (κ1) is 26.6. The Bertz CT molecular complexity index is 1980. The molecule has 0 amide bonds. The molecule has 6 aromatic carbocycles. The number of benzene rings is 6. The smallest absolute Gasteiger partial charge is 0.160 e. The van der Waals surface area contributed by atoms with Crippen molar-refractivity contribution >= 4 is 11.6 Å². The van der Waals surface area contributed by atoms with E-state index in [0.717, 1.165) is 55.4 Å². The van der Waals surface area contributed by atoms with Gasteiger partial charge < -0.3 is 0 Å². The van der Waals surface area contributed by atoms with E-state index in [1.54, 1.807) is 0 Å². The van der Waals surface area contributed by atoms with Gasteiger partial charge in [-0.3, -0.25) is 0 Å². The summed E-state index contributed by atoms with van der Waals surface area (Å²) in [5, 5.41) is 0.755. The van der Waals surface area contributed by atoms with Gasteiger partial charge in [-0.05, 0) is 39.9 Å². The number of rotatable bonds is 6. The van der Waals surface area contributed by atoms with Crippen molar-refractivity contribution in [2.24, 2.45) is 0 Å². The van der Waals surface area contributed by atoms with Crippen LogP contribution in [0.4, 0.5) is 0 Å². The van der Waals surface area contributed by atoms with Crippen molar-refractivity contribution in [3.63, 3.8) is 0 Å². The van der Waals surface area contributed by atoms with Crippen LogP contribution in [0.15, 0.2) is 164 Å². The zero-order valence-corrected chi connectivity index (χ0v) is 24.1. The quantitative estimate of drug-likeness (QED) is 0.199. The summed E-state index contributed by atoms with van der Waals surface area (Å²) in [6.45, 7) is 0. The van der Waals surface area contributed by atoms with E-state index in [1.807, 2.05) is 48.5 Å². The van der Waals surface area contributed by atoms with E-state index in [-0.39, 0.29) is 0 Å². The first-order chi connectivity index (χ1) is 21.2. The maximum atomic E-state index is 6.41. The molecule has 43 heavy (non-hydrogen) atoms. The predicted molar refractivity (Wildman–Crippen MR) is 180 cm³/mol. The van der Waals surface area contributed by atoms with Crippen molar-refractivity contribution in [3.05, 3.63) is 169 Å². The van der Waals surface area contributed by atoms with Crippen LogP contribution in [0.25, 0.3) is 67.3 Å². The summed E-state index contributed by atoms with van der Waals surface area (Å²) in [4.78, 5) is 9.98. The molecule has 0 saturated carbocycles. The predicted octanol–water partition coefficient (Wildman–Crippen LogP) is 11.1. The second kappa shape index (κ2) is 11.9. The summed E-state index contributed by atoms with van der Waals surface area (Å²) in [5.41, 5.74) is 11.7. The molecule has 0 aliphatic rings. The lowest BCUT2D eigenvalue weighted by atomic mass is 9.98. The van der Waals surface area contributed by atoms with Gasteiger partial charge in [-0.15, -0.1) is 0 Å². The number of nitrogens with zero attached hydrogens (tertiary/aromatic N) is 2. The van der Waals surface area contributed by atoms with Gasteiger partial charge in [0.2, 0.25) is 0 Å². The van der Waals surface area contributed by atoms with Crippen LogP contribution >= 0.6 is 11.6 Å². The lowest BCUT2D eigenvalue weighted by Crippen LogP contribution is -1.96. The molecule has 0 N–H and O–H groups in total. The minimum absolute atomic E-state index is 0.708. The Morgan fingerprint density at radius 3 is 1.19 bits per heavy atom. The molecule has 0 spiro atoms. The summed E-state index contributed by atoms with van der Waals surface area (Å²) < 4.78 is 0. The van der Waals surface area contributed by atoms with Gasteiger partial charge in [-0.1, -0.05) is 163 Å². The fourth-order valence-corrected chi connectivity index (χ4v) is 5.54. The Kier molecular flexibility index (Phi) is 7.35. The Hall–Kier alpha value is -5.31. The Morgan fingerprint density at radius 1 is 0.326 bits per heavy atom. The molecule has 7 aromatic rings. The highest BCUT2D eigenvalue weighted by Crippen LogP contribution is 2.32. The largest absolute Gasteiger partial charge is 0.228 e. The van der Waals surface area contributed by atoms with Crippen LogP contribution in [-0.4, -0.2) is 9.97 Å². The lowest BCUT2D eigenvalue weighted by Gasteiger charge is -2.11. The fourth-order valence-electron chi connectivity index (χ4n) is 5.29. The zero-order valence-electron chi connectivity index (χ0n) is 23.4. The van der Waals surface area contributed by atoms with E-state index in [2.05, 4.69) is 115 Å².